The molecule has 5 nitrogen and oxygen atoms in total. The van der Waals surface area contributed by atoms with Crippen LogP contribution in [0, 0.1) is 5.82 Å². The maximum absolute atomic E-state index is 13.0. The molecule has 3 aromatic rings. The molecule has 1 unspecified atom stereocenters. The molecule has 2 N–H and O–H groups in total. The summed E-state index contributed by atoms with van der Waals surface area (Å²) in [6.45, 7) is 1.50. The fraction of sp³-hybridized carbons (Fsp3) is 0.176. The molecule has 7 heteroatoms. The van der Waals surface area contributed by atoms with E-state index in [0.29, 0.717) is 11.3 Å². The van der Waals surface area contributed by atoms with Gasteiger partial charge in [0.2, 0.25) is 0 Å². The molecule has 1 amide bonds. The van der Waals surface area contributed by atoms with Gasteiger partial charge >= 0.3 is 0 Å². The van der Waals surface area contributed by atoms with E-state index in [1.54, 1.807) is 6.92 Å². The first-order chi connectivity index (χ1) is 11.5. The van der Waals surface area contributed by atoms with Gasteiger partial charge in [0, 0.05) is 0 Å². The number of oxazole rings is 1. The third-order valence-electron chi connectivity index (χ3n) is 3.59. The van der Waals surface area contributed by atoms with Gasteiger partial charge in [-0.3, -0.25) is 4.79 Å². The first-order valence-electron chi connectivity index (χ1n) is 7.21. The van der Waals surface area contributed by atoms with Crippen LogP contribution in [0.4, 0.5) is 4.39 Å². The van der Waals surface area contributed by atoms with Crippen LogP contribution in [0.1, 0.15) is 23.0 Å². The highest BCUT2D eigenvalue weighted by atomic mass is 32.1. The number of benzene rings is 1. The molecule has 0 bridgehead atoms. The minimum Gasteiger partial charge on any atom is -0.442 e. The van der Waals surface area contributed by atoms with E-state index in [4.69, 9.17) is 4.42 Å². The minimum absolute atomic E-state index is 0.0474. The molecule has 2 heterocycles. The first-order valence-corrected chi connectivity index (χ1v) is 8.09. The molecule has 0 saturated heterocycles. The van der Waals surface area contributed by atoms with Gasteiger partial charge in [0.1, 0.15) is 11.4 Å². The zero-order chi connectivity index (χ0) is 17.2. The Labute approximate surface area is 141 Å². The lowest BCUT2D eigenvalue weighted by Crippen LogP contribution is -2.38. The summed E-state index contributed by atoms with van der Waals surface area (Å²) in [5.41, 5.74) is -0.675. The molecule has 0 aliphatic rings. The fourth-order valence-corrected chi connectivity index (χ4v) is 2.95. The molecule has 0 radical (unpaired) electrons. The summed E-state index contributed by atoms with van der Waals surface area (Å²) in [4.78, 5) is 17.1. The SMILES string of the molecule is CC(O)(CNC(=O)c1ncoc1-c1cccs1)c1ccc(F)cc1. The average Bonchev–Trinajstić information content (AvgIpc) is 3.23. The number of halogens is 1. The van der Waals surface area contributed by atoms with Crippen molar-refractivity contribution in [2.45, 2.75) is 12.5 Å². The van der Waals surface area contributed by atoms with Crippen LogP contribution in [-0.4, -0.2) is 22.5 Å². The zero-order valence-corrected chi connectivity index (χ0v) is 13.6. The third-order valence-corrected chi connectivity index (χ3v) is 4.46. The summed E-state index contributed by atoms with van der Waals surface area (Å²) < 4.78 is 18.3. The molecule has 1 atom stereocenters. The van der Waals surface area contributed by atoms with Crippen molar-refractivity contribution in [1.29, 1.82) is 0 Å². The predicted octanol–water partition coefficient (Wildman–Crippen LogP) is 3.18. The molecular weight excluding hydrogens is 331 g/mol. The van der Waals surface area contributed by atoms with Crippen LogP contribution in [0.5, 0.6) is 0 Å². The summed E-state index contributed by atoms with van der Waals surface area (Å²) in [6.07, 6.45) is 1.21. The van der Waals surface area contributed by atoms with Gasteiger partial charge in [0.05, 0.1) is 11.4 Å². The summed E-state index contributed by atoms with van der Waals surface area (Å²) in [6, 6.07) is 9.17. The number of carbonyl (C=O) groups is 1. The molecule has 0 fully saturated rings. The molecule has 124 valence electrons. The second-order valence-electron chi connectivity index (χ2n) is 5.47. The average molecular weight is 346 g/mol. The summed E-state index contributed by atoms with van der Waals surface area (Å²) in [5.74, 6) is -0.444. The van der Waals surface area contributed by atoms with Crippen molar-refractivity contribution in [2.75, 3.05) is 6.54 Å². The lowest BCUT2D eigenvalue weighted by molar-refractivity contribution is 0.0524. The van der Waals surface area contributed by atoms with Crippen molar-refractivity contribution in [1.82, 2.24) is 10.3 Å². The monoisotopic (exact) mass is 346 g/mol. The van der Waals surface area contributed by atoms with Crippen LogP contribution < -0.4 is 5.32 Å². The van der Waals surface area contributed by atoms with Crippen molar-refractivity contribution < 1.29 is 18.7 Å². The smallest absolute Gasteiger partial charge is 0.274 e. The normalized spacial score (nSPS) is 13.5. The summed E-state index contributed by atoms with van der Waals surface area (Å²) >= 11 is 1.44. The van der Waals surface area contributed by atoms with Crippen LogP contribution in [0.2, 0.25) is 0 Å². The number of hydrogen-bond acceptors (Lipinski definition) is 5. The van der Waals surface area contributed by atoms with Gasteiger partial charge in [0.25, 0.3) is 5.91 Å². The predicted molar refractivity (Wildman–Crippen MR) is 88.1 cm³/mol. The lowest BCUT2D eigenvalue weighted by Gasteiger charge is -2.24. The van der Waals surface area contributed by atoms with Crippen LogP contribution in [0.15, 0.2) is 52.6 Å². The van der Waals surface area contributed by atoms with Gasteiger partial charge in [-0.25, -0.2) is 9.37 Å². The van der Waals surface area contributed by atoms with E-state index in [-0.39, 0.29) is 18.1 Å². The van der Waals surface area contributed by atoms with E-state index in [1.807, 2.05) is 17.5 Å². The van der Waals surface area contributed by atoms with Gasteiger partial charge in [0.15, 0.2) is 17.8 Å². The van der Waals surface area contributed by atoms with E-state index in [0.717, 1.165) is 4.88 Å². The quantitative estimate of drug-likeness (QED) is 0.744. The largest absolute Gasteiger partial charge is 0.442 e. The maximum atomic E-state index is 13.0. The second kappa shape index (κ2) is 6.54. The number of thiophene rings is 1. The summed E-state index contributed by atoms with van der Waals surface area (Å²) in [5, 5.41) is 15.0. The third kappa shape index (κ3) is 3.37. The number of amides is 1. The van der Waals surface area contributed by atoms with Gasteiger partial charge < -0.3 is 14.8 Å². The molecule has 3 rings (SSSR count). The molecule has 1 aromatic carbocycles. The van der Waals surface area contributed by atoms with Gasteiger partial charge in [-0.2, -0.15) is 0 Å². The van der Waals surface area contributed by atoms with Crippen molar-refractivity contribution in [3.05, 3.63) is 65.2 Å². The van der Waals surface area contributed by atoms with Gasteiger partial charge in [-0.1, -0.05) is 18.2 Å². The number of nitrogens with one attached hydrogen (secondary N) is 1. The van der Waals surface area contributed by atoms with Crippen LogP contribution in [-0.2, 0) is 5.60 Å². The Hall–Kier alpha value is -2.51. The Morgan fingerprint density at radius 3 is 2.79 bits per heavy atom. The molecule has 2 aromatic heterocycles. The number of nitrogens with zero attached hydrogens (tertiary/aromatic N) is 1. The molecule has 0 aliphatic heterocycles. The van der Waals surface area contributed by atoms with E-state index in [1.165, 1.54) is 42.0 Å². The number of carbonyl (C=O) groups excluding carboxylic acids is 1. The van der Waals surface area contributed by atoms with Crippen molar-refractivity contribution in [3.63, 3.8) is 0 Å². The Bertz CT molecular complexity index is 826. The number of aromatic nitrogens is 1. The number of aliphatic hydroxyl groups is 1. The van der Waals surface area contributed by atoms with Crippen molar-refractivity contribution in [2.24, 2.45) is 0 Å². The zero-order valence-electron chi connectivity index (χ0n) is 12.8. The van der Waals surface area contributed by atoms with Crippen molar-refractivity contribution in [3.8, 4) is 10.6 Å². The van der Waals surface area contributed by atoms with Gasteiger partial charge in [-0.05, 0) is 36.1 Å². The van der Waals surface area contributed by atoms with Crippen LogP contribution >= 0.6 is 11.3 Å². The first kappa shape index (κ1) is 16.4. The minimum atomic E-state index is -1.34. The Balaban J connectivity index is 1.72. The van der Waals surface area contributed by atoms with E-state index >= 15 is 0 Å². The standard InChI is InChI=1S/C17H15FN2O3S/c1-17(22,11-4-6-12(18)7-5-11)9-19-16(21)14-15(23-10-20-14)13-3-2-8-24-13/h2-8,10,22H,9H2,1H3,(H,19,21). The van der Waals surface area contributed by atoms with Crippen molar-refractivity contribution >= 4 is 17.2 Å². The molecule has 0 aliphatic carbocycles. The second-order valence-corrected chi connectivity index (χ2v) is 6.42. The van der Waals surface area contributed by atoms with Crippen LogP contribution in [0.3, 0.4) is 0 Å². The molecule has 0 saturated carbocycles. The highest BCUT2D eigenvalue weighted by Gasteiger charge is 2.26. The molecule has 0 spiro atoms. The molecule has 24 heavy (non-hydrogen) atoms. The Kier molecular flexibility index (Phi) is 4.46. The van der Waals surface area contributed by atoms with Gasteiger partial charge in [-0.15, -0.1) is 11.3 Å². The highest BCUT2D eigenvalue weighted by Crippen LogP contribution is 2.27. The topological polar surface area (TPSA) is 75.4 Å². The lowest BCUT2D eigenvalue weighted by atomic mass is 9.96. The Morgan fingerprint density at radius 2 is 2.12 bits per heavy atom. The van der Waals surface area contributed by atoms with E-state index in [9.17, 15) is 14.3 Å². The number of rotatable bonds is 5. The molecular formula is C17H15FN2O3S. The Morgan fingerprint density at radius 1 is 1.38 bits per heavy atom. The van der Waals surface area contributed by atoms with E-state index < -0.39 is 11.5 Å². The highest BCUT2D eigenvalue weighted by molar-refractivity contribution is 7.13. The number of hydrogen-bond donors (Lipinski definition) is 2. The summed E-state index contributed by atoms with van der Waals surface area (Å²) in [7, 11) is 0. The fourth-order valence-electron chi connectivity index (χ4n) is 2.24. The maximum Gasteiger partial charge on any atom is 0.274 e. The van der Waals surface area contributed by atoms with E-state index in [2.05, 4.69) is 10.3 Å². The van der Waals surface area contributed by atoms with Crippen LogP contribution in [0.25, 0.3) is 10.6 Å².